The van der Waals surface area contributed by atoms with Gasteiger partial charge in [-0.2, -0.15) is 0 Å². The molecule has 0 radical (unpaired) electrons. The Bertz CT molecular complexity index is 446. The summed E-state index contributed by atoms with van der Waals surface area (Å²) in [4.78, 5) is 4.76. The van der Waals surface area contributed by atoms with E-state index in [-0.39, 0.29) is 17.9 Å². The van der Waals surface area contributed by atoms with E-state index in [1.54, 1.807) is 0 Å². The Labute approximate surface area is 127 Å². The van der Waals surface area contributed by atoms with Gasteiger partial charge in [-0.1, -0.05) is 26.0 Å². The molecule has 4 atom stereocenters. The fourth-order valence-corrected chi connectivity index (χ4v) is 3.50. The molecule has 0 aliphatic carbocycles. The van der Waals surface area contributed by atoms with Gasteiger partial charge in [0.25, 0.3) is 0 Å². The number of nitrogens with two attached hydrogens (primary N) is 1. The lowest BCUT2D eigenvalue weighted by Gasteiger charge is -2.33. The number of likely N-dealkylation sites (N-methyl/N-ethyl adjacent to an activating group) is 1. The maximum atomic E-state index is 13.2. The van der Waals surface area contributed by atoms with Gasteiger partial charge in [-0.3, -0.25) is 4.90 Å². The summed E-state index contributed by atoms with van der Waals surface area (Å²) in [5.74, 6) is 0.426. The summed E-state index contributed by atoms with van der Waals surface area (Å²) in [5.41, 5.74) is 7.51. The first-order valence-electron chi connectivity index (χ1n) is 7.85. The van der Waals surface area contributed by atoms with Crippen molar-refractivity contribution in [1.82, 2.24) is 9.80 Å². The standard InChI is InChI=1S/C17H28FN3/c1-5-15(19)17(13-6-8-14(18)9-7-13)21-10-12(2)16(11-21)20(3)4/h6-9,12,15-17H,5,10-11,19H2,1-4H3. The zero-order valence-electron chi connectivity index (χ0n) is 13.6. The lowest BCUT2D eigenvalue weighted by atomic mass is 9.96. The molecule has 1 aliphatic heterocycles. The van der Waals surface area contributed by atoms with Crippen LogP contribution in [-0.4, -0.2) is 49.1 Å². The van der Waals surface area contributed by atoms with Crippen LogP contribution in [-0.2, 0) is 0 Å². The van der Waals surface area contributed by atoms with Crippen molar-refractivity contribution in [3.63, 3.8) is 0 Å². The highest BCUT2D eigenvalue weighted by Gasteiger charge is 2.37. The van der Waals surface area contributed by atoms with Crippen molar-refractivity contribution >= 4 is 0 Å². The lowest BCUT2D eigenvalue weighted by Crippen LogP contribution is -2.41. The van der Waals surface area contributed by atoms with Crippen LogP contribution in [0.3, 0.4) is 0 Å². The molecule has 0 amide bonds. The maximum Gasteiger partial charge on any atom is 0.123 e. The van der Waals surface area contributed by atoms with Crippen LogP contribution in [0.5, 0.6) is 0 Å². The summed E-state index contributed by atoms with van der Waals surface area (Å²) < 4.78 is 13.2. The third kappa shape index (κ3) is 3.62. The first-order chi connectivity index (χ1) is 9.93. The van der Waals surface area contributed by atoms with Crippen molar-refractivity contribution < 1.29 is 4.39 Å². The molecule has 0 bridgehead atoms. The van der Waals surface area contributed by atoms with Crippen molar-refractivity contribution in [2.24, 2.45) is 11.7 Å². The predicted octanol–water partition coefficient (Wildman–Crippen LogP) is 2.49. The fourth-order valence-electron chi connectivity index (χ4n) is 3.50. The third-order valence-corrected chi connectivity index (χ3v) is 4.75. The average molecular weight is 293 g/mol. The molecule has 0 spiro atoms. The zero-order chi connectivity index (χ0) is 15.6. The van der Waals surface area contributed by atoms with Crippen LogP contribution >= 0.6 is 0 Å². The van der Waals surface area contributed by atoms with Crippen LogP contribution in [0, 0.1) is 11.7 Å². The Morgan fingerprint density at radius 2 is 1.90 bits per heavy atom. The average Bonchev–Trinajstić information content (AvgIpc) is 2.83. The summed E-state index contributed by atoms with van der Waals surface area (Å²) in [5, 5.41) is 0. The van der Waals surface area contributed by atoms with Crippen LogP contribution in [0.1, 0.15) is 31.9 Å². The van der Waals surface area contributed by atoms with Gasteiger partial charge >= 0.3 is 0 Å². The summed E-state index contributed by atoms with van der Waals surface area (Å²) >= 11 is 0. The molecule has 3 nitrogen and oxygen atoms in total. The van der Waals surface area contributed by atoms with Gasteiger partial charge in [0.15, 0.2) is 0 Å². The van der Waals surface area contributed by atoms with Gasteiger partial charge in [-0.25, -0.2) is 4.39 Å². The van der Waals surface area contributed by atoms with Gasteiger partial charge in [-0.15, -0.1) is 0 Å². The molecule has 1 aromatic carbocycles. The topological polar surface area (TPSA) is 32.5 Å². The SMILES string of the molecule is CCC(N)C(c1ccc(F)cc1)N1CC(C)C(N(C)C)C1. The van der Waals surface area contributed by atoms with Crippen molar-refractivity contribution in [2.75, 3.05) is 27.2 Å². The molecule has 4 unspecified atom stereocenters. The normalized spacial score (nSPS) is 26.2. The van der Waals surface area contributed by atoms with E-state index < -0.39 is 0 Å². The number of hydrogen-bond donors (Lipinski definition) is 1. The van der Waals surface area contributed by atoms with Crippen LogP contribution in [0.25, 0.3) is 0 Å². The van der Waals surface area contributed by atoms with E-state index in [2.05, 4.69) is 37.7 Å². The molecule has 2 N–H and O–H groups in total. The molecule has 1 heterocycles. The van der Waals surface area contributed by atoms with Gasteiger partial charge < -0.3 is 10.6 Å². The molecule has 1 saturated heterocycles. The van der Waals surface area contributed by atoms with E-state index in [9.17, 15) is 4.39 Å². The first-order valence-corrected chi connectivity index (χ1v) is 7.85. The van der Waals surface area contributed by atoms with Crippen LogP contribution in [0.2, 0.25) is 0 Å². The monoisotopic (exact) mass is 293 g/mol. The van der Waals surface area contributed by atoms with E-state index in [0.717, 1.165) is 25.1 Å². The largest absolute Gasteiger partial charge is 0.326 e. The highest BCUT2D eigenvalue weighted by molar-refractivity contribution is 5.22. The van der Waals surface area contributed by atoms with Crippen molar-refractivity contribution in [1.29, 1.82) is 0 Å². The number of nitrogens with zero attached hydrogens (tertiary/aromatic N) is 2. The number of benzene rings is 1. The predicted molar refractivity (Wildman–Crippen MR) is 85.6 cm³/mol. The van der Waals surface area contributed by atoms with E-state index in [4.69, 9.17) is 5.73 Å². The second kappa shape index (κ2) is 6.86. The lowest BCUT2D eigenvalue weighted by molar-refractivity contribution is 0.190. The first kappa shape index (κ1) is 16.4. The fraction of sp³-hybridized carbons (Fsp3) is 0.647. The van der Waals surface area contributed by atoms with Crippen LogP contribution < -0.4 is 5.73 Å². The quantitative estimate of drug-likeness (QED) is 0.905. The molecule has 2 rings (SSSR count). The molecule has 0 aromatic heterocycles. The second-order valence-corrected chi connectivity index (χ2v) is 6.53. The summed E-state index contributed by atoms with van der Waals surface area (Å²) in [6, 6.07) is 7.62. The minimum Gasteiger partial charge on any atom is -0.326 e. The molecule has 1 aromatic rings. The van der Waals surface area contributed by atoms with E-state index in [1.165, 1.54) is 12.1 Å². The van der Waals surface area contributed by atoms with E-state index >= 15 is 0 Å². The molecule has 1 aliphatic rings. The summed E-state index contributed by atoms with van der Waals surface area (Å²) in [6.45, 7) is 6.47. The maximum absolute atomic E-state index is 13.2. The van der Waals surface area contributed by atoms with Gasteiger partial charge in [-0.05, 0) is 44.1 Å². The van der Waals surface area contributed by atoms with Crippen molar-refractivity contribution in [2.45, 2.75) is 38.4 Å². The Morgan fingerprint density at radius 3 is 2.38 bits per heavy atom. The second-order valence-electron chi connectivity index (χ2n) is 6.53. The smallest absolute Gasteiger partial charge is 0.123 e. The molecule has 0 saturated carbocycles. The Morgan fingerprint density at radius 1 is 1.29 bits per heavy atom. The molecule has 118 valence electrons. The minimum atomic E-state index is -0.191. The van der Waals surface area contributed by atoms with Gasteiger partial charge in [0.1, 0.15) is 5.82 Å². The number of hydrogen-bond acceptors (Lipinski definition) is 3. The molecule has 4 heteroatoms. The third-order valence-electron chi connectivity index (χ3n) is 4.75. The molecular weight excluding hydrogens is 265 g/mol. The number of halogens is 1. The van der Waals surface area contributed by atoms with Gasteiger partial charge in [0.05, 0.1) is 0 Å². The zero-order valence-corrected chi connectivity index (χ0v) is 13.6. The Balaban J connectivity index is 2.23. The summed E-state index contributed by atoms with van der Waals surface area (Å²) in [6.07, 6.45) is 0.916. The molecule has 1 fully saturated rings. The Kier molecular flexibility index (Phi) is 5.36. The van der Waals surface area contributed by atoms with Gasteiger partial charge in [0.2, 0.25) is 0 Å². The number of rotatable bonds is 5. The Hall–Kier alpha value is -0.970. The minimum absolute atomic E-state index is 0.0728. The van der Waals surface area contributed by atoms with E-state index in [1.807, 2.05) is 12.1 Å². The number of likely N-dealkylation sites (tertiary alicyclic amines) is 1. The highest BCUT2D eigenvalue weighted by Crippen LogP contribution is 2.32. The van der Waals surface area contributed by atoms with Crippen LogP contribution in [0.15, 0.2) is 24.3 Å². The van der Waals surface area contributed by atoms with E-state index in [0.29, 0.717) is 12.0 Å². The van der Waals surface area contributed by atoms with Gasteiger partial charge in [0, 0.05) is 31.2 Å². The summed E-state index contributed by atoms with van der Waals surface area (Å²) in [7, 11) is 4.27. The highest BCUT2D eigenvalue weighted by atomic mass is 19.1. The molecular formula is C17H28FN3. The van der Waals surface area contributed by atoms with Crippen molar-refractivity contribution in [3.8, 4) is 0 Å². The van der Waals surface area contributed by atoms with Crippen LogP contribution in [0.4, 0.5) is 4.39 Å². The van der Waals surface area contributed by atoms with Crippen molar-refractivity contribution in [3.05, 3.63) is 35.6 Å². The molecule has 21 heavy (non-hydrogen) atoms.